The fourth-order valence-corrected chi connectivity index (χ4v) is 7.90. The Hall–Kier alpha value is -2.65. The molecule has 4 aliphatic rings. The quantitative estimate of drug-likeness (QED) is 0.430. The van der Waals surface area contributed by atoms with E-state index in [4.69, 9.17) is 9.47 Å². The van der Waals surface area contributed by atoms with Gasteiger partial charge in [-0.1, -0.05) is 40.0 Å². The van der Waals surface area contributed by atoms with Crippen molar-refractivity contribution in [3.63, 3.8) is 0 Å². The van der Waals surface area contributed by atoms with E-state index in [1.54, 1.807) is 29.2 Å². The van der Waals surface area contributed by atoms with E-state index in [0.717, 1.165) is 32.1 Å². The number of amides is 3. The van der Waals surface area contributed by atoms with Gasteiger partial charge in [0.25, 0.3) is 0 Å². The van der Waals surface area contributed by atoms with Crippen LogP contribution in [0, 0.1) is 23.7 Å². The highest BCUT2D eigenvalue weighted by Crippen LogP contribution is 2.65. The molecule has 1 saturated carbocycles. The summed E-state index contributed by atoms with van der Waals surface area (Å²) in [5.74, 6) is -1.83. The first kappa shape index (κ1) is 28.9. The minimum atomic E-state index is -1.13. The summed E-state index contributed by atoms with van der Waals surface area (Å²) in [6.07, 6.45) is 5.63. The van der Waals surface area contributed by atoms with Gasteiger partial charge in [0, 0.05) is 11.7 Å². The second-order valence-electron chi connectivity index (χ2n) is 12.7. The summed E-state index contributed by atoms with van der Waals surface area (Å²) in [4.78, 5) is 44.0. The summed E-state index contributed by atoms with van der Waals surface area (Å²) in [6.45, 7) is 10.0. The average molecular weight is 556 g/mol. The van der Waals surface area contributed by atoms with Crippen LogP contribution in [0.3, 0.4) is 0 Å². The van der Waals surface area contributed by atoms with Crippen molar-refractivity contribution in [2.45, 2.75) is 102 Å². The van der Waals surface area contributed by atoms with Crippen LogP contribution < -0.4 is 15.4 Å². The van der Waals surface area contributed by atoms with E-state index in [1.165, 1.54) is 0 Å². The number of hydrogen-bond acceptors (Lipinski definition) is 6. The van der Waals surface area contributed by atoms with Crippen LogP contribution in [0.15, 0.2) is 24.3 Å². The van der Waals surface area contributed by atoms with Gasteiger partial charge in [0.05, 0.1) is 36.7 Å². The zero-order chi connectivity index (χ0) is 28.8. The van der Waals surface area contributed by atoms with Crippen LogP contribution in [-0.4, -0.2) is 70.3 Å². The maximum atomic E-state index is 14.4. The Morgan fingerprint density at radius 2 is 1.82 bits per heavy atom. The number of likely N-dealkylation sites (tertiary alicyclic amines) is 1. The number of hydrogen-bond donors (Lipinski definition) is 3. The van der Waals surface area contributed by atoms with Gasteiger partial charge in [-0.05, 0) is 69.2 Å². The molecule has 3 heterocycles. The van der Waals surface area contributed by atoms with Crippen LogP contribution in [0.4, 0.5) is 5.69 Å². The molecule has 1 spiro atoms. The maximum absolute atomic E-state index is 14.4. The molecule has 7 atom stereocenters. The molecule has 3 amide bonds. The molecule has 220 valence electrons. The monoisotopic (exact) mass is 555 g/mol. The van der Waals surface area contributed by atoms with Gasteiger partial charge in [-0.2, -0.15) is 0 Å². The van der Waals surface area contributed by atoms with Crippen molar-refractivity contribution in [2.75, 3.05) is 18.5 Å². The van der Waals surface area contributed by atoms with Crippen LogP contribution >= 0.6 is 0 Å². The number of ether oxygens (including phenoxy) is 2. The Labute approximate surface area is 237 Å². The number of aliphatic hydroxyl groups is 1. The van der Waals surface area contributed by atoms with Crippen molar-refractivity contribution in [1.29, 1.82) is 0 Å². The predicted molar refractivity (Wildman–Crippen MR) is 151 cm³/mol. The highest BCUT2D eigenvalue weighted by atomic mass is 16.5. The molecule has 3 unspecified atom stereocenters. The van der Waals surface area contributed by atoms with E-state index in [9.17, 15) is 19.5 Å². The smallest absolute Gasteiger partial charge is 0.246 e. The molecule has 2 bridgehead atoms. The Morgan fingerprint density at radius 3 is 2.42 bits per heavy atom. The lowest BCUT2D eigenvalue weighted by atomic mass is 9.62. The molecule has 1 aliphatic carbocycles. The highest BCUT2D eigenvalue weighted by molar-refractivity contribution is 6.02. The number of aliphatic hydroxyl groups excluding tert-OH is 1. The van der Waals surface area contributed by atoms with Gasteiger partial charge in [0.15, 0.2) is 0 Å². The summed E-state index contributed by atoms with van der Waals surface area (Å²) in [6, 6.07) is 5.75. The summed E-state index contributed by atoms with van der Waals surface area (Å²) < 4.78 is 12.3. The predicted octanol–water partition coefficient (Wildman–Crippen LogP) is 3.50. The third kappa shape index (κ3) is 4.59. The van der Waals surface area contributed by atoms with E-state index in [-0.39, 0.29) is 42.2 Å². The number of anilines is 1. The largest absolute Gasteiger partial charge is 0.494 e. The van der Waals surface area contributed by atoms with Gasteiger partial charge >= 0.3 is 0 Å². The van der Waals surface area contributed by atoms with Gasteiger partial charge in [-0.15, -0.1) is 0 Å². The van der Waals surface area contributed by atoms with Crippen molar-refractivity contribution in [1.82, 2.24) is 10.2 Å². The minimum Gasteiger partial charge on any atom is -0.494 e. The second-order valence-corrected chi connectivity index (χ2v) is 12.7. The van der Waals surface area contributed by atoms with E-state index in [1.807, 2.05) is 34.6 Å². The first-order valence-corrected chi connectivity index (χ1v) is 15.0. The Morgan fingerprint density at radius 1 is 1.15 bits per heavy atom. The normalized spacial score (nSPS) is 34.2. The molecule has 3 N–H and O–H groups in total. The average Bonchev–Trinajstić information content (AvgIpc) is 3.43. The zero-order valence-corrected chi connectivity index (χ0v) is 24.4. The van der Waals surface area contributed by atoms with Crippen LogP contribution in [0.5, 0.6) is 5.75 Å². The molecule has 9 nitrogen and oxygen atoms in total. The lowest BCUT2D eigenvalue weighted by Gasteiger charge is -2.39. The SMILES string of the molecule is CCOc1ccc(NC(=O)[C@H]2[C@H]3C(=O)N([C@@H](CO)C(C)C)C(C(=O)NC4CCCCC4)C34CC(C)[C@]2(C)O4)cc1. The van der Waals surface area contributed by atoms with Crippen molar-refractivity contribution >= 4 is 23.4 Å². The molecule has 5 rings (SSSR count). The number of rotatable bonds is 9. The summed E-state index contributed by atoms with van der Waals surface area (Å²) in [5, 5.41) is 16.7. The molecule has 4 fully saturated rings. The second kappa shape index (κ2) is 11.0. The van der Waals surface area contributed by atoms with Crippen molar-refractivity contribution in [2.24, 2.45) is 23.7 Å². The molecule has 9 heteroatoms. The first-order chi connectivity index (χ1) is 19.1. The van der Waals surface area contributed by atoms with Crippen molar-refractivity contribution in [3.05, 3.63) is 24.3 Å². The molecule has 1 aromatic carbocycles. The van der Waals surface area contributed by atoms with Gasteiger partial charge in [0.1, 0.15) is 17.4 Å². The van der Waals surface area contributed by atoms with E-state index in [2.05, 4.69) is 10.6 Å². The number of fused-ring (bicyclic) bond motifs is 1. The lowest BCUT2D eigenvalue weighted by Crippen LogP contribution is -2.60. The van der Waals surface area contributed by atoms with Crippen LogP contribution in [0.25, 0.3) is 0 Å². The molecule has 0 radical (unpaired) electrons. The fourth-order valence-electron chi connectivity index (χ4n) is 7.90. The fraction of sp³-hybridized carbons (Fsp3) is 0.710. The Bertz CT molecular complexity index is 1120. The summed E-state index contributed by atoms with van der Waals surface area (Å²) >= 11 is 0. The summed E-state index contributed by atoms with van der Waals surface area (Å²) in [5.41, 5.74) is -1.43. The third-order valence-electron chi connectivity index (χ3n) is 9.98. The molecule has 1 aromatic rings. The number of carbonyl (C=O) groups excluding carboxylic acids is 3. The van der Waals surface area contributed by atoms with Gasteiger partial charge in [-0.25, -0.2) is 0 Å². The molecular formula is C31H45N3O6. The van der Waals surface area contributed by atoms with Crippen molar-refractivity contribution in [3.8, 4) is 5.75 Å². The van der Waals surface area contributed by atoms with Crippen LogP contribution in [-0.2, 0) is 19.1 Å². The van der Waals surface area contributed by atoms with Gasteiger partial charge in [0.2, 0.25) is 17.7 Å². The standard InChI is InChI=1S/C31H45N3O6/c1-6-39-22-14-12-21(13-15-22)32-27(36)24-25-29(38)34(23(17-35)18(2)3)26(28(37)33-20-10-8-7-9-11-20)31(25)16-19(4)30(24,5)40-31/h12-15,18-20,23-26,35H,6-11,16-17H2,1-5H3,(H,32,36)(H,33,37)/t19?,23-,24+,25-,26?,30-,31?/m0/s1. The Balaban J connectivity index is 1.50. The number of nitrogens with zero attached hydrogens (tertiary/aromatic N) is 1. The van der Waals surface area contributed by atoms with Gasteiger partial charge in [-0.3, -0.25) is 14.4 Å². The van der Waals surface area contributed by atoms with Gasteiger partial charge < -0.3 is 30.1 Å². The molecule has 3 saturated heterocycles. The number of nitrogens with one attached hydrogen (secondary N) is 2. The maximum Gasteiger partial charge on any atom is 0.246 e. The van der Waals surface area contributed by atoms with Crippen LogP contribution in [0.2, 0.25) is 0 Å². The molecule has 40 heavy (non-hydrogen) atoms. The first-order valence-electron chi connectivity index (χ1n) is 15.0. The van der Waals surface area contributed by atoms with E-state index < -0.39 is 35.1 Å². The zero-order valence-electron chi connectivity index (χ0n) is 24.4. The molecule has 0 aromatic heterocycles. The Kier molecular flexibility index (Phi) is 7.92. The molecule has 3 aliphatic heterocycles. The minimum absolute atomic E-state index is 0.0517. The highest BCUT2D eigenvalue weighted by Gasteiger charge is 2.80. The molecular weight excluding hydrogens is 510 g/mol. The number of carbonyl (C=O) groups is 3. The van der Waals surface area contributed by atoms with E-state index >= 15 is 0 Å². The van der Waals surface area contributed by atoms with Crippen LogP contribution in [0.1, 0.15) is 73.1 Å². The van der Waals surface area contributed by atoms with E-state index in [0.29, 0.717) is 24.5 Å². The van der Waals surface area contributed by atoms with Crippen molar-refractivity contribution < 1.29 is 29.0 Å². The number of benzene rings is 1. The third-order valence-corrected chi connectivity index (χ3v) is 9.98. The lowest BCUT2D eigenvalue weighted by molar-refractivity contribution is -0.151. The summed E-state index contributed by atoms with van der Waals surface area (Å²) in [7, 11) is 0. The topological polar surface area (TPSA) is 117 Å².